The minimum atomic E-state index is 0.429. The summed E-state index contributed by atoms with van der Waals surface area (Å²) in [6, 6.07) is 20.0. The molecule has 3 atom stereocenters. The first kappa shape index (κ1) is 22.8. The summed E-state index contributed by atoms with van der Waals surface area (Å²) >= 11 is 0. The number of oxazole rings is 1. The molecule has 2 fully saturated rings. The first-order valence-corrected chi connectivity index (χ1v) is 13.3. The van der Waals surface area contributed by atoms with Gasteiger partial charge in [-0.3, -0.25) is 0 Å². The van der Waals surface area contributed by atoms with Crippen LogP contribution in [-0.2, 0) is 0 Å². The van der Waals surface area contributed by atoms with Crippen LogP contribution in [0, 0.1) is 11.8 Å². The second-order valence-electron chi connectivity index (χ2n) is 10.2. The lowest BCUT2D eigenvalue weighted by Gasteiger charge is -2.39. The van der Waals surface area contributed by atoms with E-state index in [1.54, 1.807) is 17.3 Å². The van der Waals surface area contributed by atoms with E-state index in [2.05, 4.69) is 61.7 Å². The second kappa shape index (κ2) is 10.6. The number of aromatic nitrogens is 4. The maximum Gasteiger partial charge on any atom is 0.295 e. The molecule has 2 aromatic carbocycles. The van der Waals surface area contributed by atoms with E-state index in [9.17, 15) is 0 Å². The highest BCUT2D eigenvalue weighted by Gasteiger charge is 2.30. The minimum absolute atomic E-state index is 0.429. The number of nitrogens with zero attached hydrogens (tertiary/aromatic N) is 5. The van der Waals surface area contributed by atoms with Crippen LogP contribution in [0.15, 0.2) is 77.9 Å². The molecular weight excluding hydrogens is 448 g/mol. The number of hydrogen-bond donors (Lipinski definition) is 1. The van der Waals surface area contributed by atoms with Crippen molar-refractivity contribution in [3.8, 4) is 17.0 Å². The van der Waals surface area contributed by atoms with Gasteiger partial charge in [0.25, 0.3) is 6.01 Å². The zero-order valence-corrected chi connectivity index (χ0v) is 20.7. The fourth-order valence-corrected chi connectivity index (χ4v) is 5.99. The van der Waals surface area contributed by atoms with Gasteiger partial charge in [0.2, 0.25) is 0 Å². The number of hydrogen-bond acceptors (Lipinski definition) is 6. The lowest BCUT2D eigenvalue weighted by molar-refractivity contribution is 0.245. The van der Waals surface area contributed by atoms with Crippen molar-refractivity contribution in [2.45, 2.75) is 51.0 Å². The van der Waals surface area contributed by atoms with Crippen molar-refractivity contribution in [1.29, 1.82) is 0 Å². The van der Waals surface area contributed by atoms with Gasteiger partial charge in [-0.15, -0.1) is 0 Å². The molecule has 2 aliphatic rings. The van der Waals surface area contributed by atoms with Gasteiger partial charge in [0.1, 0.15) is 12.7 Å². The van der Waals surface area contributed by atoms with E-state index >= 15 is 0 Å². The molecule has 1 aliphatic carbocycles. The Bertz CT molecular complexity index is 1220. The van der Waals surface area contributed by atoms with Gasteiger partial charge in [0.15, 0.2) is 5.76 Å². The SMILES string of the molecule is c1ccc(-c2cnc(N[C@@H]3CCCC[C@H]3C[C@H]3CCCN(c4ccc(-n5cncn5)cc4)C3)o2)cc1. The maximum absolute atomic E-state index is 6.08. The number of piperidine rings is 1. The zero-order chi connectivity index (χ0) is 24.2. The lowest BCUT2D eigenvalue weighted by Crippen LogP contribution is -2.39. The quantitative estimate of drug-likeness (QED) is 0.338. The summed E-state index contributed by atoms with van der Waals surface area (Å²) in [6.07, 6.45) is 14.0. The van der Waals surface area contributed by atoms with Crippen molar-refractivity contribution in [2.24, 2.45) is 11.8 Å². The fraction of sp³-hybridized carbons (Fsp3) is 0.414. The summed E-state index contributed by atoms with van der Waals surface area (Å²) in [6.45, 7) is 2.26. The third-order valence-electron chi connectivity index (χ3n) is 7.84. The van der Waals surface area contributed by atoms with Crippen LogP contribution in [0.25, 0.3) is 17.0 Å². The summed E-state index contributed by atoms with van der Waals surface area (Å²) in [5.74, 6) is 2.19. The summed E-state index contributed by atoms with van der Waals surface area (Å²) in [4.78, 5) is 11.2. The Hall–Kier alpha value is -3.61. The van der Waals surface area contributed by atoms with E-state index in [-0.39, 0.29) is 0 Å². The third-order valence-corrected chi connectivity index (χ3v) is 7.84. The summed E-state index contributed by atoms with van der Waals surface area (Å²) in [5.41, 5.74) is 3.41. The van der Waals surface area contributed by atoms with Crippen LogP contribution < -0.4 is 10.2 Å². The molecule has 0 radical (unpaired) electrons. The standard InChI is InChI=1S/C29H34N6O/c1-2-8-23(9-3-1)28-18-31-29(36-28)33-27-11-5-4-10-24(27)17-22-7-6-16-34(19-22)25-12-14-26(15-13-25)35-21-30-20-32-35/h1-3,8-9,12-15,18,20-22,24,27H,4-7,10-11,16-17,19H2,(H,31,33)/t22-,24+,27-/m1/s1. The lowest BCUT2D eigenvalue weighted by atomic mass is 9.77. The maximum atomic E-state index is 6.08. The highest BCUT2D eigenvalue weighted by atomic mass is 16.4. The average molecular weight is 483 g/mol. The molecule has 1 saturated heterocycles. The molecule has 2 aromatic heterocycles. The van der Waals surface area contributed by atoms with E-state index in [1.165, 1.54) is 50.6 Å². The van der Waals surface area contributed by atoms with E-state index in [0.717, 1.165) is 30.1 Å². The van der Waals surface area contributed by atoms with E-state index in [4.69, 9.17) is 4.42 Å². The highest BCUT2D eigenvalue weighted by molar-refractivity contribution is 5.57. The fourth-order valence-electron chi connectivity index (χ4n) is 5.99. The van der Waals surface area contributed by atoms with Gasteiger partial charge in [-0.1, -0.05) is 43.2 Å². The molecule has 0 bridgehead atoms. The Kier molecular flexibility index (Phi) is 6.70. The molecule has 3 heterocycles. The molecule has 0 amide bonds. The molecule has 4 aromatic rings. The van der Waals surface area contributed by atoms with Crippen molar-refractivity contribution < 1.29 is 4.42 Å². The second-order valence-corrected chi connectivity index (χ2v) is 10.2. The average Bonchev–Trinajstić information content (AvgIpc) is 3.64. The van der Waals surface area contributed by atoms with Gasteiger partial charge < -0.3 is 14.6 Å². The normalized spacial score (nSPS) is 22.4. The van der Waals surface area contributed by atoms with E-state index in [1.807, 2.05) is 24.4 Å². The molecule has 6 rings (SSSR count). The van der Waals surface area contributed by atoms with Crippen molar-refractivity contribution in [3.05, 3.63) is 73.4 Å². The Labute approximate surface area is 212 Å². The smallest absolute Gasteiger partial charge is 0.295 e. The molecule has 1 aliphatic heterocycles. The van der Waals surface area contributed by atoms with Crippen LogP contribution in [0.3, 0.4) is 0 Å². The van der Waals surface area contributed by atoms with Gasteiger partial charge in [-0.25, -0.2) is 14.6 Å². The first-order valence-electron chi connectivity index (χ1n) is 13.3. The largest absolute Gasteiger partial charge is 0.424 e. The zero-order valence-electron chi connectivity index (χ0n) is 20.7. The topological polar surface area (TPSA) is 72.0 Å². The molecule has 7 heteroatoms. The van der Waals surface area contributed by atoms with Crippen LogP contribution in [0.4, 0.5) is 11.7 Å². The first-order chi connectivity index (χ1) is 17.8. The molecule has 186 valence electrons. The monoisotopic (exact) mass is 482 g/mol. The Morgan fingerprint density at radius 3 is 2.58 bits per heavy atom. The van der Waals surface area contributed by atoms with Crippen molar-refractivity contribution in [3.63, 3.8) is 0 Å². The van der Waals surface area contributed by atoms with Crippen LogP contribution >= 0.6 is 0 Å². The van der Waals surface area contributed by atoms with Gasteiger partial charge in [0, 0.05) is 30.4 Å². The predicted octanol–water partition coefficient (Wildman–Crippen LogP) is 6.20. The van der Waals surface area contributed by atoms with Crippen molar-refractivity contribution in [1.82, 2.24) is 19.7 Å². The molecular formula is C29H34N6O. The molecule has 7 nitrogen and oxygen atoms in total. The highest BCUT2D eigenvalue weighted by Crippen LogP contribution is 2.36. The van der Waals surface area contributed by atoms with Crippen LogP contribution in [0.1, 0.15) is 44.9 Å². The van der Waals surface area contributed by atoms with Crippen molar-refractivity contribution >= 4 is 11.7 Å². The number of rotatable bonds is 7. The van der Waals surface area contributed by atoms with Gasteiger partial charge in [-0.05, 0) is 68.2 Å². The van der Waals surface area contributed by atoms with Gasteiger partial charge in [0.05, 0.1) is 11.9 Å². The Morgan fingerprint density at radius 2 is 1.75 bits per heavy atom. The summed E-state index contributed by atoms with van der Waals surface area (Å²) < 4.78 is 7.88. The number of nitrogens with one attached hydrogen (secondary N) is 1. The van der Waals surface area contributed by atoms with E-state index < -0.39 is 0 Å². The summed E-state index contributed by atoms with van der Waals surface area (Å²) in [5, 5.41) is 7.90. The minimum Gasteiger partial charge on any atom is -0.424 e. The van der Waals surface area contributed by atoms with Gasteiger partial charge in [-0.2, -0.15) is 5.10 Å². The Morgan fingerprint density at radius 1 is 0.917 bits per heavy atom. The number of benzene rings is 2. The molecule has 0 unspecified atom stereocenters. The molecule has 36 heavy (non-hydrogen) atoms. The molecule has 1 saturated carbocycles. The molecule has 0 spiro atoms. The number of anilines is 2. The van der Waals surface area contributed by atoms with Crippen LogP contribution in [0.2, 0.25) is 0 Å². The van der Waals surface area contributed by atoms with E-state index in [0.29, 0.717) is 23.9 Å². The van der Waals surface area contributed by atoms with Crippen molar-refractivity contribution in [2.75, 3.05) is 23.3 Å². The predicted molar refractivity (Wildman–Crippen MR) is 142 cm³/mol. The van der Waals surface area contributed by atoms with Gasteiger partial charge >= 0.3 is 0 Å². The Balaban J connectivity index is 1.08. The molecule has 1 N–H and O–H groups in total. The third kappa shape index (κ3) is 5.15. The van der Waals surface area contributed by atoms with Crippen LogP contribution in [0.5, 0.6) is 0 Å². The van der Waals surface area contributed by atoms with Crippen LogP contribution in [-0.4, -0.2) is 38.9 Å². The summed E-state index contributed by atoms with van der Waals surface area (Å²) in [7, 11) is 0.